The van der Waals surface area contributed by atoms with E-state index >= 15 is 0 Å². The van der Waals surface area contributed by atoms with E-state index in [1.807, 2.05) is 0 Å². The number of aromatic nitrogens is 1. The second kappa shape index (κ2) is 5.55. The van der Waals surface area contributed by atoms with Gasteiger partial charge in [-0.25, -0.2) is 13.4 Å². The smallest absolute Gasteiger partial charge is 0.229 e. The van der Waals surface area contributed by atoms with Crippen LogP contribution < -0.4 is 0 Å². The average molecular weight is 335 g/mol. The molecule has 0 aromatic carbocycles. The maximum absolute atomic E-state index is 12.9. The third-order valence-electron chi connectivity index (χ3n) is 4.46. The first-order valence-corrected chi connectivity index (χ1v) is 9.78. The van der Waals surface area contributed by atoms with Crippen molar-refractivity contribution < 1.29 is 8.42 Å². The molecule has 20 heavy (non-hydrogen) atoms. The Morgan fingerprint density at radius 1 is 1.25 bits per heavy atom. The van der Waals surface area contributed by atoms with E-state index in [9.17, 15) is 8.42 Å². The molecular weight excluding hydrogens is 316 g/mol. The summed E-state index contributed by atoms with van der Waals surface area (Å²) >= 11 is 6.95. The van der Waals surface area contributed by atoms with Gasteiger partial charge in [-0.1, -0.05) is 35.8 Å². The Labute approximate surface area is 129 Å². The normalized spacial score (nSPS) is 28.3. The molecule has 0 bridgehead atoms. The molecule has 2 heterocycles. The molecule has 1 aliphatic carbocycles. The summed E-state index contributed by atoms with van der Waals surface area (Å²) < 4.78 is 28.2. The van der Waals surface area contributed by atoms with Crippen molar-refractivity contribution in [2.45, 2.75) is 55.7 Å². The number of thiazole rings is 1. The van der Waals surface area contributed by atoms with Crippen LogP contribution in [0.3, 0.4) is 0 Å². The minimum Gasteiger partial charge on any atom is -0.229 e. The molecule has 1 saturated carbocycles. The summed E-state index contributed by atoms with van der Waals surface area (Å²) in [5.41, 5.74) is 0.526. The van der Waals surface area contributed by atoms with Crippen molar-refractivity contribution in [1.82, 2.24) is 9.29 Å². The lowest BCUT2D eigenvalue weighted by molar-refractivity contribution is 0.129. The summed E-state index contributed by atoms with van der Waals surface area (Å²) in [6, 6.07) is 0.183. The third kappa shape index (κ3) is 2.51. The highest BCUT2D eigenvalue weighted by molar-refractivity contribution is 7.91. The minimum absolute atomic E-state index is 0.183. The van der Waals surface area contributed by atoms with Crippen LogP contribution in [0.25, 0.3) is 0 Å². The van der Waals surface area contributed by atoms with Crippen LogP contribution in [0.15, 0.2) is 4.21 Å². The summed E-state index contributed by atoms with van der Waals surface area (Å²) in [4.78, 5) is 4.05. The zero-order valence-corrected chi connectivity index (χ0v) is 13.9. The largest absolute Gasteiger partial charge is 0.254 e. The van der Waals surface area contributed by atoms with Crippen LogP contribution in [0.4, 0.5) is 0 Å². The number of piperidine rings is 1. The van der Waals surface area contributed by atoms with Gasteiger partial charge in [-0.2, -0.15) is 4.31 Å². The first-order chi connectivity index (χ1) is 9.50. The van der Waals surface area contributed by atoms with Crippen molar-refractivity contribution in [2.24, 2.45) is 5.92 Å². The van der Waals surface area contributed by atoms with E-state index in [0.717, 1.165) is 30.6 Å². The lowest BCUT2D eigenvalue weighted by Gasteiger charge is -2.42. The van der Waals surface area contributed by atoms with Gasteiger partial charge in [0.05, 0.1) is 5.69 Å². The molecule has 4 nitrogen and oxygen atoms in total. The van der Waals surface area contributed by atoms with Crippen LogP contribution >= 0.6 is 22.9 Å². The van der Waals surface area contributed by atoms with Crippen LogP contribution in [0.1, 0.15) is 44.2 Å². The van der Waals surface area contributed by atoms with Crippen molar-refractivity contribution in [3.05, 3.63) is 10.2 Å². The van der Waals surface area contributed by atoms with Gasteiger partial charge in [0.25, 0.3) is 10.0 Å². The number of sulfonamides is 1. The molecule has 0 unspecified atom stereocenters. The molecule has 0 radical (unpaired) electrons. The van der Waals surface area contributed by atoms with E-state index in [4.69, 9.17) is 11.6 Å². The number of hydrogen-bond acceptors (Lipinski definition) is 4. The van der Waals surface area contributed by atoms with E-state index in [-0.39, 0.29) is 6.04 Å². The summed E-state index contributed by atoms with van der Waals surface area (Å²) in [5, 5.41) is 0. The first-order valence-electron chi connectivity index (χ1n) is 7.15. The fourth-order valence-electron chi connectivity index (χ4n) is 3.57. The predicted octanol–water partition coefficient (Wildman–Crippen LogP) is 3.45. The fraction of sp³-hybridized carbons (Fsp3) is 0.769. The van der Waals surface area contributed by atoms with Gasteiger partial charge in [-0.05, 0) is 38.5 Å². The van der Waals surface area contributed by atoms with Crippen LogP contribution in [-0.2, 0) is 10.0 Å². The molecule has 112 valence electrons. The van der Waals surface area contributed by atoms with Gasteiger partial charge in [0.1, 0.15) is 0 Å². The highest BCUT2D eigenvalue weighted by Crippen LogP contribution is 2.39. The van der Waals surface area contributed by atoms with Crippen molar-refractivity contribution in [2.75, 3.05) is 6.54 Å². The maximum atomic E-state index is 12.9. The SMILES string of the molecule is Cc1nc(Cl)sc1S(=O)(=O)N1CCC[C@H]2CCCC[C@H]21. The van der Waals surface area contributed by atoms with Crippen molar-refractivity contribution in [3.8, 4) is 0 Å². The van der Waals surface area contributed by atoms with Crippen LogP contribution in [0, 0.1) is 12.8 Å². The number of fused-ring (bicyclic) bond motifs is 1. The summed E-state index contributed by atoms with van der Waals surface area (Å²) in [6.07, 6.45) is 6.66. The molecule has 2 fully saturated rings. The Hall–Kier alpha value is -0.170. The lowest BCUT2D eigenvalue weighted by atomic mass is 9.79. The topological polar surface area (TPSA) is 50.3 Å². The van der Waals surface area contributed by atoms with E-state index in [0.29, 0.717) is 26.8 Å². The van der Waals surface area contributed by atoms with Gasteiger partial charge in [0.2, 0.25) is 0 Å². The Kier molecular flexibility index (Phi) is 4.10. The monoisotopic (exact) mass is 334 g/mol. The van der Waals surface area contributed by atoms with Gasteiger partial charge >= 0.3 is 0 Å². The molecule has 2 atom stereocenters. The van der Waals surface area contributed by atoms with Crippen molar-refractivity contribution >= 4 is 33.0 Å². The molecule has 3 rings (SSSR count). The van der Waals surface area contributed by atoms with Gasteiger partial charge in [-0.3, -0.25) is 0 Å². The molecule has 1 saturated heterocycles. The van der Waals surface area contributed by atoms with Gasteiger partial charge in [0, 0.05) is 12.6 Å². The number of nitrogens with zero attached hydrogens (tertiary/aromatic N) is 2. The molecule has 0 amide bonds. The molecular formula is C13H19ClN2O2S2. The van der Waals surface area contributed by atoms with E-state index in [1.54, 1.807) is 11.2 Å². The van der Waals surface area contributed by atoms with E-state index in [1.165, 1.54) is 19.3 Å². The standard InChI is InChI=1S/C13H19ClN2O2S2/c1-9-12(19-13(14)15-9)20(17,18)16-8-4-6-10-5-2-3-7-11(10)16/h10-11H,2-8H2,1H3/t10-,11-/m1/s1. The van der Waals surface area contributed by atoms with Crippen molar-refractivity contribution in [1.29, 1.82) is 0 Å². The Bertz CT molecular complexity index is 598. The number of halogens is 1. The molecule has 7 heteroatoms. The Balaban J connectivity index is 1.95. The zero-order chi connectivity index (χ0) is 14.3. The molecule has 1 aromatic rings. The number of aryl methyl sites for hydroxylation is 1. The second-order valence-corrected chi connectivity index (χ2v) is 9.38. The van der Waals surface area contributed by atoms with Crippen molar-refractivity contribution in [3.63, 3.8) is 0 Å². The minimum atomic E-state index is -3.44. The summed E-state index contributed by atoms with van der Waals surface area (Å²) in [7, 11) is -3.44. The zero-order valence-electron chi connectivity index (χ0n) is 11.5. The van der Waals surface area contributed by atoms with Gasteiger partial charge < -0.3 is 0 Å². The highest BCUT2D eigenvalue weighted by Gasteiger charge is 2.41. The third-order valence-corrected chi connectivity index (χ3v) is 8.24. The quantitative estimate of drug-likeness (QED) is 0.832. The van der Waals surface area contributed by atoms with Crippen LogP contribution in [-0.4, -0.2) is 30.3 Å². The summed E-state index contributed by atoms with van der Waals surface area (Å²) in [6.45, 7) is 2.36. The van der Waals surface area contributed by atoms with Crippen LogP contribution in [0.2, 0.25) is 4.47 Å². The Morgan fingerprint density at radius 2 is 1.95 bits per heavy atom. The molecule has 1 aromatic heterocycles. The number of rotatable bonds is 2. The fourth-order valence-corrected chi connectivity index (χ4v) is 7.18. The predicted molar refractivity (Wildman–Crippen MR) is 80.7 cm³/mol. The average Bonchev–Trinajstić information content (AvgIpc) is 2.78. The van der Waals surface area contributed by atoms with E-state index < -0.39 is 10.0 Å². The molecule has 0 N–H and O–H groups in total. The first kappa shape index (κ1) is 14.8. The highest BCUT2D eigenvalue weighted by atomic mass is 35.5. The number of hydrogen-bond donors (Lipinski definition) is 0. The molecule has 2 aliphatic rings. The maximum Gasteiger partial charge on any atom is 0.254 e. The van der Waals surface area contributed by atoms with Gasteiger partial charge in [-0.15, -0.1) is 0 Å². The summed E-state index contributed by atoms with van der Waals surface area (Å²) in [5.74, 6) is 0.538. The second-order valence-electron chi connectivity index (χ2n) is 5.71. The molecule has 1 aliphatic heterocycles. The van der Waals surface area contributed by atoms with E-state index in [2.05, 4.69) is 4.98 Å². The van der Waals surface area contributed by atoms with Crippen LogP contribution in [0.5, 0.6) is 0 Å². The molecule has 0 spiro atoms. The Morgan fingerprint density at radius 3 is 2.65 bits per heavy atom. The lowest BCUT2D eigenvalue weighted by Crippen LogP contribution is -2.49. The van der Waals surface area contributed by atoms with Gasteiger partial charge in [0.15, 0.2) is 8.68 Å².